The quantitative estimate of drug-likeness (QED) is 0.409. The highest BCUT2D eigenvalue weighted by molar-refractivity contribution is 6.31. The molecule has 0 spiro atoms. The molecular weight excluding hydrogens is 505 g/mol. The molecule has 3 rings (SSSR count). The SMILES string of the molecule is Cn1c(-c2ccccc2C(F)(F)F)nnc1C(C)(C)Oc1ccc(Cl)cc1C(=O)N[C@@H](CO)C(=O)O. The van der Waals surface area contributed by atoms with E-state index in [9.17, 15) is 27.9 Å². The predicted octanol–water partition coefficient (Wildman–Crippen LogP) is 3.64. The van der Waals surface area contributed by atoms with Crippen LogP contribution in [0.3, 0.4) is 0 Å². The maximum atomic E-state index is 13.5. The highest BCUT2D eigenvalue weighted by Gasteiger charge is 2.36. The molecule has 0 aliphatic heterocycles. The summed E-state index contributed by atoms with van der Waals surface area (Å²) in [6, 6.07) is 7.46. The van der Waals surface area contributed by atoms with E-state index in [0.717, 1.165) is 6.07 Å². The number of aliphatic carboxylic acids is 1. The number of ether oxygens (including phenoxy) is 1. The zero-order valence-corrected chi connectivity index (χ0v) is 20.1. The van der Waals surface area contributed by atoms with Gasteiger partial charge in [-0.05, 0) is 38.1 Å². The van der Waals surface area contributed by atoms with E-state index in [1.54, 1.807) is 13.8 Å². The van der Waals surface area contributed by atoms with E-state index >= 15 is 0 Å². The second kappa shape index (κ2) is 10.2. The normalized spacial score (nSPS) is 12.8. The number of hydrogen-bond donors (Lipinski definition) is 3. The first-order chi connectivity index (χ1) is 16.8. The van der Waals surface area contributed by atoms with Gasteiger partial charge in [0.1, 0.15) is 5.75 Å². The van der Waals surface area contributed by atoms with Gasteiger partial charge in [-0.3, -0.25) is 4.79 Å². The molecule has 0 unspecified atom stereocenters. The van der Waals surface area contributed by atoms with E-state index in [4.69, 9.17) is 21.4 Å². The van der Waals surface area contributed by atoms with Crippen LogP contribution in [0.5, 0.6) is 5.75 Å². The van der Waals surface area contributed by atoms with Gasteiger partial charge in [0, 0.05) is 17.6 Å². The van der Waals surface area contributed by atoms with Crippen molar-refractivity contribution in [3.8, 4) is 17.1 Å². The maximum Gasteiger partial charge on any atom is 0.417 e. The molecule has 0 fully saturated rings. The number of carboxylic acids is 1. The largest absolute Gasteiger partial charge is 0.480 e. The lowest BCUT2D eigenvalue weighted by Crippen LogP contribution is -2.43. The number of halogens is 4. The van der Waals surface area contributed by atoms with Gasteiger partial charge >= 0.3 is 12.1 Å². The van der Waals surface area contributed by atoms with Crippen molar-refractivity contribution in [3.05, 3.63) is 64.4 Å². The topological polar surface area (TPSA) is 127 Å². The van der Waals surface area contributed by atoms with Gasteiger partial charge in [-0.25, -0.2) is 4.79 Å². The summed E-state index contributed by atoms with van der Waals surface area (Å²) in [4.78, 5) is 23.9. The number of benzene rings is 2. The van der Waals surface area contributed by atoms with Crippen LogP contribution in [0.2, 0.25) is 5.02 Å². The average Bonchev–Trinajstić information content (AvgIpc) is 3.19. The van der Waals surface area contributed by atoms with Crippen molar-refractivity contribution in [2.24, 2.45) is 7.05 Å². The van der Waals surface area contributed by atoms with Crippen molar-refractivity contribution in [3.63, 3.8) is 0 Å². The Kier molecular flexibility index (Phi) is 7.60. The Labute approximate surface area is 208 Å². The second-order valence-electron chi connectivity index (χ2n) is 8.25. The average molecular weight is 527 g/mol. The Morgan fingerprint density at radius 2 is 1.83 bits per heavy atom. The second-order valence-corrected chi connectivity index (χ2v) is 8.69. The first-order valence-corrected chi connectivity index (χ1v) is 10.8. The molecule has 0 aliphatic rings. The molecule has 0 radical (unpaired) electrons. The van der Waals surface area contributed by atoms with E-state index in [-0.39, 0.29) is 33.5 Å². The third-order valence-corrected chi connectivity index (χ3v) is 5.46. The maximum absolute atomic E-state index is 13.5. The molecule has 3 N–H and O–H groups in total. The lowest BCUT2D eigenvalue weighted by molar-refractivity contribution is -0.140. The van der Waals surface area contributed by atoms with Gasteiger partial charge in [-0.1, -0.05) is 29.8 Å². The summed E-state index contributed by atoms with van der Waals surface area (Å²) in [6.45, 7) is 2.30. The zero-order valence-electron chi connectivity index (χ0n) is 19.3. The van der Waals surface area contributed by atoms with Gasteiger partial charge in [0.25, 0.3) is 5.91 Å². The number of carbonyl (C=O) groups excluding carboxylic acids is 1. The molecule has 13 heteroatoms. The van der Waals surface area contributed by atoms with Gasteiger partial charge < -0.3 is 24.8 Å². The van der Waals surface area contributed by atoms with Gasteiger partial charge in [0.15, 0.2) is 23.3 Å². The number of amides is 1. The molecule has 0 bridgehead atoms. The number of hydrogen-bond acceptors (Lipinski definition) is 6. The van der Waals surface area contributed by atoms with E-state index in [1.807, 2.05) is 0 Å². The lowest BCUT2D eigenvalue weighted by Gasteiger charge is -2.27. The summed E-state index contributed by atoms with van der Waals surface area (Å²) >= 11 is 6.01. The summed E-state index contributed by atoms with van der Waals surface area (Å²) in [5, 5.41) is 28.6. The van der Waals surface area contributed by atoms with E-state index in [1.165, 1.54) is 48.0 Å². The van der Waals surface area contributed by atoms with Crippen LogP contribution in [0, 0.1) is 0 Å². The summed E-state index contributed by atoms with van der Waals surface area (Å²) in [7, 11) is 1.48. The molecule has 36 heavy (non-hydrogen) atoms. The fourth-order valence-electron chi connectivity index (χ4n) is 3.52. The standard InChI is InChI=1S/C23H22ClF3N4O5/c1-22(2,21-30-29-18(31(21)3)13-6-4-5-7-15(13)23(25,26)27)36-17-9-8-12(24)10-14(17)19(33)28-16(11-32)20(34)35/h4-10,16,32H,11H2,1-3H3,(H,28,33)(H,34,35)/t16-/m0/s1. The Hall–Kier alpha value is -3.64. The van der Waals surface area contributed by atoms with Gasteiger partial charge in [0.05, 0.1) is 17.7 Å². The first-order valence-electron chi connectivity index (χ1n) is 10.5. The Balaban J connectivity index is 1.98. The fourth-order valence-corrected chi connectivity index (χ4v) is 3.70. The number of carboxylic acid groups (broad SMARTS) is 1. The Morgan fingerprint density at radius 1 is 1.17 bits per heavy atom. The van der Waals surface area contributed by atoms with E-state index in [0.29, 0.717) is 0 Å². The van der Waals surface area contributed by atoms with E-state index < -0.39 is 41.9 Å². The van der Waals surface area contributed by atoms with Crippen molar-refractivity contribution in [1.29, 1.82) is 0 Å². The van der Waals surface area contributed by atoms with Crippen LogP contribution >= 0.6 is 11.6 Å². The van der Waals surface area contributed by atoms with Crippen molar-refractivity contribution in [1.82, 2.24) is 20.1 Å². The number of aliphatic hydroxyl groups is 1. The zero-order chi connectivity index (χ0) is 26.8. The highest BCUT2D eigenvalue weighted by Crippen LogP contribution is 2.37. The summed E-state index contributed by atoms with van der Waals surface area (Å²) < 4.78 is 48.0. The molecule has 0 aliphatic carbocycles. The summed E-state index contributed by atoms with van der Waals surface area (Å²) in [5.41, 5.74) is -2.49. The molecule has 9 nitrogen and oxygen atoms in total. The minimum atomic E-state index is -4.61. The Bertz CT molecular complexity index is 1290. The Morgan fingerprint density at radius 3 is 2.44 bits per heavy atom. The number of aromatic nitrogens is 3. The van der Waals surface area contributed by atoms with Gasteiger partial charge in [-0.2, -0.15) is 13.2 Å². The number of aliphatic hydroxyl groups excluding tert-OH is 1. The predicted molar refractivity (Wildman–Crippen MR) is 123 cm³/mol. The number of nitrogens with zero attached hydrogens (tertiary/aromatic N) is 3. The minimum Gasteiger partial charge on any atom is -0.480 e. The summed E-state index contributed by atoms with van der Waals surface area (Å²) in [6.07, 6.45) is -4.61. The minimum absolute atomic E-state index is 0.00998. The molecule has 1 atom stereocenters. The first kappa shape index (κ1) is 27.0. The molecular formula is C23H22ClF3N4O5. The number of nitrogens with one attached hydrogen (secondary N) is 1. The third kappa shape index (κ3) is 5.60. The molecule has 1 heterocycles. The van der Waals surface area contributed by atoms with Gasteiger partial charge in [-0.15, -0.1) is 10.2 Å². The molecule has 2 aromatic carbocycles. The lowest BCUT2D eigenvalue weighted by atomic mass is 10.1. The third-order valence-electron chi connectivity index (χ3n) is 5.22. The van der Waals surface area contributed by atoms with Crippen LogP contribution in [0.4, 0.5) is 13.2 Å². The number of rotatable bonds is 8. The number of carbonyl (C=O) groups is 2. The van der Waals surface area contributed by atoms with Crippen LogP contribution in [0.15, 0.2) is 42.5 Å². The summed E-state index contributed by atoms with van der Waals surface area (Å²) in [5.74, 6) is -2.22. The van der Waals surface area contributed by atoms with Crippen LogP contribution < -0.4 is 10.1 Å². The van der Waals surface area contributed by atoms with Crippen molar-refractivity contribution in [2.75, 3.05) is 6.61 Å². The van der Waals surface area contributed by atoms with Crippen molar-refractivity contribution >= 4 is 23.5 Å². The molecule has 3 aromatic rings. The van der Waals surface area contributed by atoms with Crippen molar-refractivity contribution < 1.29 is 37.7 Å². The molecule has 0 saturated heterocycles. The van der Waals surface area contributed by atoms with Crippen LogP contribution in [-0.4, -0.2) is 49.5 Å². The molecule has 192 valence electrons. The van der Waals surface area contributed by atoms with Gasteiger partial charge in [0.2, 0.25) is 0 Å². The molecule has 0 saturated carbocycles. The fraction of sp³-hybridized carbons (Fsp3) is 0.304. The molecule has 1 aromatic heterocycles. The van der Waals surface area contributed by atoms with Crippen LogP contribution in [0.1, 0.15) is 35.6 Å². The van der Waals surface area contributed by atoms with E-state index in [2.05, 4.69) is 15.5 Å². The highest BCUT2D eigenvalue weighted by atomic mass is 35.5. The number of alkyl halides is 3. The van der Waals surface area contributed by atoms with Crippen LogP contribution in [0.25, 0.3) is 11.4 Å². The monoisotopic (exact) mass is 526 g/mol. The molecule has 1 amide bonds. The smallest absolute Gasteiger partial charge is 0.417 e. The van der Waals surface area contributed by atoms with Crippen LogP contribution in [-0.2, 0) is 23.6 Å². The van der Waals surface area contributed by atoms with Crippen molar-refractivity contribution in [2.45, 2.75) is 31.7 Å².